The van der Waals surface area contributed by atoms with E-state index in [0.29, 0.717) is 22.9 Å². The molecule has 4 rings (SSSR count). The van der Waals surface area contributed by atoms with Crippen LogP contribution < -0.4 is 4.74 Å². The molecule has 3 aromatic rings. The van der Waals surface area contributed by atoms with Crippen LogP contribution in [0.25, 0.3) is 16.8 Å². The summed E-state index contributed by atoms with van der Waals surface area (Å²) in [5.41, 5.74) is 1.62. The highest BCUT2D eigenvalue weighted by Crippen LogP contribution is 2.37. The number of halogens is 1. The lowest BCUT2D eigenvalue weighted by Gasteiger charge is -2.14. The standard InChI is InChI=1S/C26H22ClNO5S/c1-16(2)33-24(29)14-28-25(30)23(34-26(28)31)13-21-20-6-4-3-5-18(20)9-12-22(21)32-15-17-7-10-19(27)11-8-17/h3-13,16H,14-15H2,1-2H3/b23-13+. The molecule has 0 bridgehead atoms. The molecule has 0 spiro atoms. The van der Waals surface area contributed by atoms with E-state index in [2.05, 4.69) is 0 Å². The Balaban J connectivity index is 1.65. The summed E-state index contributed by atoms with van der Waals surface area (Å²) in [5.74, 6) is -0.595. The first-order valence-corrected chi connectivity index (χ1v) is 11.8. The number of carbonyl (C=O) groups excluding carboxylic acids is 3. The Morgan fingerprint density at radius 1 is 1.06 bits per heavy atom. The average molecular weight is 496 g/mol. The molecule has 6 nitrogen and oxygen atoms in total. The van der Waals surface area contributed by atoms with Gasteiger partial charge in [0.1, 0.15) is 18.9 Å². The molecule has 1 saturated heterocycles. The molecule has 1 aliphatic rings. The van der Waals surface area contributed by atoms with Crippen molar-refractivity contribution in [3.05, 3.63) is 81.7 Å². The van der Waals surface area contributed by atoms with Crippen LogP contribution in [0.5, 0.6) is 5.75 Å². The summed E-state index contributed by atoms with van der Waals surface area (Å²) in [4.78, 5) is 38.6. The van der Waals surface area contributed by atoms with Crippen molar-refractivity contribution in [2.24, 2.45) is 0 Å². The maximum absolute atomic E-state index is 13.0. The molecule has 3 aromatic carbocycles. The van der Waals surface area contributed by atoms with Gasteiger partial charge in [-0.1, -0.05) is 54.1 Å². The number of imide groups is 1. The van der Waals surface area contributed by atoms with Gasteiger partial charge < -0.3 is 9.47 Å². The average Bonchev–Trinajstić information content (AvgIpc) is 3.06. The number of amides is 2. The van der Waals surface area contributed by atoms with Crippen molar-refractivity contribution in [3.8, 4) is 5.75 Å². The first-order chi connectivity index (χ1) is 16.3. The fraction of sp³-hybridized carbons (Fsp3) is 0.192. The number of benzene rings is 3. The van der Waals surface area contributed by atoms with Crippen molar-refractivity contribution in [1.82, 2.24) is 4.90 Å². The van der Waals surface area contributed by atoms with Crippen molar-refractivity contribution < 1.29 is 23.9 Å². The molecule has 0 radical (unpaired) electrons. The number of hydrogen-bond donors (Lipinski definition) is 0. The molecule has 0 aliphatic carbocycles. The Kier molecular flexibility index (Phi) is 7.24. The Hall–Kier alpha value is -3.29. The zero-order valence-corrected chi connectivity index (χ0v) is 20.2. The number of ether oxygens (including phenoxy) is 2. The number of nitrogens with zero attached hydrogens (tertiary/aromatic N) is 1. The van der Waals surface area contributed by atoms with Gasteiger partial charge in [0, 0.05) is 10.6 Å². The maximum Gasteiger partial charge on any atom is 0.326 e. The Bertz CT molecular complexity index is 1290. The zero-order chi connectivity index (χ0) is 24.2. The van der Waals surface area contributed by atoms with Crippen molar-refractivity contribution in [1.29, 1.82) is 0 Å². The van der Waals surface area contributed by atoms with Crippen molar-refractivity contribution in [3.63, 3.8) is 0 Å². The summed E-state index contributed by atoms with van der Waals surface area (Å²) in [7, 11) is 0. The van der Waals surface area contributed by atoms with E-state index in [9.17, 15) is 14.4 Å². The molecule has 34 heavy (non-hydrogen) atoms. The minimum Gasteiger partial charge on any atom is -0.488 e. The third-order valence-corrected chi connectivity index (χ3v) is 6.20. The summed E-state index contributed by atoms with van der Waals surface area (Å²) in [6.45, 7) is 3.30. The number of thioether (sulfide) groups is 1. The van der Waals surface area contributed by atoms with Crippen LogP contribution in [0.2, 0.25) is 5.02 Å². The predicted molar refractivity (Wildman–Crippen MR) is 134 cm³/mol. The molecular weight excluding hydrogens is 474 g/mol. The Labute approximate surface area is 206 Å². The highest BCUT2D eigenvalue weighted by atomic mass is 35.5. The van der Waals surface area contributed by atoms with Gasteiger partial charge in [-0.2, -0.15) is 0 Å². The monoisotopic (exact) mass is 495 g/mol. The van der Waals surface area contributed by atoms with Crippen LogP contribution in [0, 0.1) is 0 Å². The Morgan fingerprint density at radius 2 is 1.79 bits per heavy atom. The molecule has 8 heteroatoms. The van der Waals surface area contributed by atoms with Gasteiger partial charge in [0.05, 0.1) is 11.0 Å². The number of rotatable bonds is 7. The summed E-state index contributed by atoms with van der Waals surface area (Å²) in [5, 5.41) is 1.97. The van der Waals surface area contributed by atoms with E-state index in [4.69, 9.17) is 21.1 Å². The fourth-order valence-electron chi connectivity index (χ4n) is 3.49. The van der Waals surface area contributed by atoms with Crippen molar-refractivity contribution in [2.75, 3.05) is 6.54 Å². The number of hydrogen-bond acceptors (Lipinski definition) is 6. The van der Waals surface area contributed by atoms with Gasteiger partial charge in [-0.05, 0) is 66.2 Å². The van der Waals surface area contributed by atoms with E-state index in [1.807, 2.05) is 48.5 Å². The molecule has 1 aliphatic heterocycles. The normalized spacial score (nSPS) is 14.9. The molecule has 2 amide bonds. The van der Waals surface area contributed by atoms with E-state index in [0.717, 1.165) is 33.0 Å². The SMILES string of the molecule is CC(C)OC(=O)CN1C(=O)S/C(=C/c2c(OCc3ccc(Cl)cc3)ccc3ccccc23)C1=O. The van der Waals surface area contributed by atoms with Crippen LogP contribution in [0.3, 0.4) is 0 Å². The Morgan fingerprint density at radius 3 is 2.53 bits per heavy atom. The lowest BCUT2D eigenvalue weighted by Crippen LogP contribution is -2.35. The van der Waals surface area contributed by atoms with Crippen LogP contribution in [0.1, 0.15) is 25.0 Å². The second-order valence-electron chi connectivity index (χ2n) is 7.92. The zero-order valence-electron chi connectivity index (χ0n) is 18.6. The second-order valence-corrected chi connectivity index (χ2v) is 9.35. The van der Waals surface area contributed by atoms with E-state index < -0.39 is 23.7 Å². The second kappa shape index (κ2) is 10.3. The third kappa shape index (κ3) is 5.43. The summed E-state index contributed by atoms with van der Waals surface area (Å²) in [6.07, 6.45) is 1.32. The van der Waals surface area contributed by atoms with E-state index in [1.165, 1.54) is 0 Å². The lowest BCUT2D eigenvalue weighted by molar-refractivity contribution is -0.149. The minimum atomic E-state index is -0.629. The molecule has 0 N–H and O–H groups in total. The molecule has 0 saturated carbocycles. The highest BCUT2D eigenvalue weighted by molar-refractivity contribution is 8.18. The molecule has 0 aromatic heterocycles. The largest absolute Gasteiger partial charge is 0.488 e. The predicted octanol–water partition coefficient (Wildman–Crippen LogP) is 6.06. The molecule has 0 unspecified atom stereocenters. The van der Waals surface area contributed by atoms with Crippen LogP contribution in [-0.2, 0) is 20.9 Å². The summed E-state index contributed by atoms with van der Waals surface area (Å²) < 4.78 is 11.2. The quantitative estimate of drug-likeness (QED) is 0.293. The molecule has 1 heterocycles. The fourth-order valence-corrected chi connectivity index (χ4v) is 4.43. The van der Waals surface area contributed by atoms with Crippen LogP contribution >= 0.6 is 23.4 Å². The minimum absolute atomic E-state index is 0.218. The smallest absolute Gasteiger partial charge is 0.326 e. The van der Waals surface area contributed by atoms with E-state index >= 15 is 0 Å². The van der Waals surface area contributed by atoms with Crippen LogP contribution in [0.15, 0.2) is 65.6 Å². The van der Waals surface area contributed by atoms with E-state index in [1.54, 1.807) is 32.1 Å². The lowest BCUT2D eigenvalue weighted by atomic mass is 10.0. The third-order valence-electron chi connectivity index (χ3n) is 5.04. The van der Waals surface area contributed by atoms with Gasteiger partial charge in [-0.25, -0.2) is 0 Å². The summed E-state index contributed by atoms with van der Waals surface area (Å²) >= 11 is 6.76. The first-order valence-electron chi connectivity index (χ1n) is 10.7. The van der Waals surface area contributed by atoms with Gasteiger partial charge >= 0.3 is 5.97 Å². The van der Waals surface area contributed by atoms with Gasteiger partial charge in [-0.15, -0.1) is 0 Å². The van der Waals surface area contributed by atoms with Gasteiger partial charge in [0.15, 0.2) is 0 Å². The van der Waals surface area contributed by atoms with Crippen molar-refractivity contribution in [2.45, 2.75) is 26.6 Å². The number of carbonyl (C=O) groups is 3. The van der Waals surface area contributed by atoms with Crippen molar-refractivity contribution >= 4 is 57.3 Å². The number of esters is 1. The molecule has 0 atom stereocenters. The van der Waals surface area contributed by atoms with Gasteiger partial charge in [0.25, 0.3) is 11.1 Å². The van der Waals surface area contributed by atoms with Crippen LogP contribution in [0.4, 0.5) is 4.79 Å². The summed E-state index contributed by atoms with van der Waals surface area (Å²) in [6, 6.07) is 18.8. The topological polar surface area (TPSA) is 72.9 Å². The maximum atomic E-state index is 13.0. The van der Waals surface area contributed by atoms with E-state index in [-0.39, 0.29) is 11.0 Å². The molecule has 174 valence electrons. The highest BCUT2D eigenvalue weighted by Gasteiger charge is 2.37. The van der Waals surface area contributed by atoms with Gasteiger partial charge in [-0.3, -0.25) is 19.3 Å². The van der Waals surface area contributed by atoms with Crippen LogP contribution in [-0.4, -0.2) is 34.7 Å². The number of fused-ring (bicyclic) bond motifs is 1. The molecule has 1 fully saturated rings. The van der Waals surface area contributed by atoms with Gasteiger partial charge in [0.2, 0.25) is 0 Å². The first kappa shape index (κ1) is 23.9. The molecular formula is C26H22ClNO5S.